The highest BCUT2D eigenvalue weighted by Crippen LogP contribution is 2.20. The van der Waals surface area contributed by atoms with E-state index < -0.39 is 0 Å². The van der Waals surface area contributed by atoms with Crippen LogP contribution in [0.15, 0.2) is 91.0 Å². The second-order valence-electron chi connectivity index (χ2n) is 8.66. The molecule has 33 heavy (non-hydrogen) atoms. The number of Topliss-reactive ketones (excluding diaryl/α,β-unsaturated/α-hetero) is 1. The second-order valence-corrected chi connectivity index (χ2v) is 8.66. The minimum atomic E-state index is -0.315. The molecule has 3 rings (SSSR count). The molecule has 3 aromatic carbocycles. The van der Waals surface area contributed by atoms with Crippen LogP contribution in [0.3, 0.4) is 0 Å². The van der Waals surface area contributed by atoms with Gasteiger partial charge in [-0.2, -0.15) is 0 Å². The van der Waals surface area contributed by atoms with E-state index in [-0.39, 0.29) is 30.3 Å². The molecule has 0 aromatic heterocycles. The number of ketones is 1. The van der Waals surface area contributed by atoms with Gasteiger partial charge in [0.2, 0.25) is 0 Å². The van der Waals surface area contributed by atoms with Crippen molar-refractivity contribution >= 4 is 11.8 Å². The van der Waals surface area contributed by atoms with Gasteiger partial charge >= 0.3 is 5.97 Å². The highest BCUT2D eigenvalue weighted by Gasteiger charge is 2.28. The van der Waals surface area contributed by atoms with Gasteiger partial charge in [-0.25, -0.2) is 0 Å². The van der Waals surface area contributed by atoms with Crippen molar-refractivity contribution in [1.82, 2.24) is 4.90 Å². The zero-order valence-electron chi connectivity index (χ0n) is 19.5. The first-order chi connectivity index (χ1) is 16.0. The average molecular weight is 444 g/mol. The van der Waals surface area contributed by atoms with Gasteiger partial charge in [0.1, 0.15) is 0 Å². The molecule has 0 radical (unpaired) electrons. The number of nitrogens with zero attached hydrogens (tertiary/aromatic N) is 1. The Morgan fingerprint density at radius 1 is 0.758 bits per heavy atom. The summed E-state index contributed by atoms with van der Waals surface area (Å²) in [5.74, 6) is -0.176. The summed E-state index contributed by atoms with van der Waals surface area (Å²) in [6.07, 6.45) is 1.00. The number of hydrogen-bond donors (Lipinski definition) is 0. The Kier molecular flexibility index (Phi) is 9.40. The fourth-order valence-corrected chi connectivity index (χ4v) is 3.99. The number of benzene rings is 3. The number of carbonyl (C=O) groups excluding carboxylic acids is 2. The number of ether oxygens (including phenoxy) is 1. The molecule has 2 atom stereocenters. The van der Waals surface area contributed by atoms with Gasteiger partial charge in [-0.1, -0.05) is 97.9 Å². The van der Waals surface area contributed by atoms with E-state index in [4.69, 9.17) is 4.74 Å². The zero-order valence-corrected chi connectivity index (χ0v) is 19.5. The molecular weight excluding hydrogens is 410 g/mol. The highest BCUT2D eigenvalue weighted by molar-refractivity contribution is 5.84. The largest absolute Gasteiger partial charge is 0.466 e. The molecule has 0 spiro atoms. The van der Waals surface area contributed by atoms with Crippen molar-refractivity contribution in [3.8, 4) is 0 Å². The fourth-order valence-electron chi connectivity index (χ4n) is 3.99. The van der Waals surface area contributed by atoms with Gasteiger partial charge in [0, 0.05) is 26.4 Å². The summed E-state index contributed by atoms with van der Waals surface area (Å²) in [5, 5.41) is 0. The molecule has 0 saturated heterocycles. The van der Waals surface area contributed by atoms with Crippen LogP contribution < -0.4 is 0 Å². The molecule has 0 unspecified atom stereocenters. The molecule has 3 aromatic rings. The van der Waals surface area contributed by atoms with Gasteiger partial charge < -0.3 is 4.74 Å². The lowest BCUT2D eigenvalue weighted by Crippen LogP contribution is -2.42. The lowest BCUT2D eigenvalue weighted by molar-refractivity contribution is -0.143. The minimum absolute atomic E-state index is 0.0324. The van der Waals surface area contributed by atoms with Crippen molar-refractivity contribution in [3.63, 3.8) is 0 Å². The molecule has 0 heterocycles. The second kappa shape index (κ2) is 12.7. The Morgan fingerprint density at radius 2 is 1.21 bits per heavy atom. The molecule has 0 aliphatic heterocycles. The van der Waals surface area contributed by atoms with Crippen LogP contribution in [0.2, 0.25) is 0 Å². The Morgan fingerprint density at radius 3 is 1.67 bits per heavy atom. The molecule has 4 heteroatoms. The number of rotatable bonds is 12. The summed E-state index contributed by atoms with van der Waals surface area (Å²) < 4.78 is 5.15. The summed E-state index contributed by atoms with van der Waals surface area (Å²) in [5.41, 5.74) is 3.48. The monoisotopic (exact) mass is 443 g/mol. The number of carbonyl (C=O) groups is 2. The Labute approximate surface area is 197 Å². The van der Waals surface area contributed by atoms with E-state index in [1.54, 1.807) is 0 Å². The zero-order chi connectivity index (χ0) is 23.5. The first kappa shape index (κ1) is 24.4. The lowest BCUT2D eigenvalue weighted by Gasteiger charge is -2.32. The van der Waals surface area contributed by atoms with Gasteiger partial charge in [-0.15, -0.1) is 0 Å². The first-order valence-corrected chi connectivity index (χ1v) is 11.5. The quantitative estimate of drug-likeness (QED) is 0.349. The highest BCUT2D eigenvalue weighted by atomic mass is 16.5. The average Bonchev–Trinajstić information content (AvgIpc) is 2.83. The van der Waals surface area contributed by atoms with Crippen LogP contribution in [0.25, 0.3) is 0 Å². The molecule has 0 aliphatic carbocycles. The van der Waals surface area contributed by atoms with Gasteiger partial charge in [0.05, 0.1) is 12.6 Å². The van der Waals surface area contributed by atoms with Crippen molar-refractivity contribution in [2.75, 3.05) is 6.61 Å². The summed E-state index contributed by atoms with van der Waals surface area (Å²) in [7, 11) is 0. The van der Waals surface area contributed by atoms with E-state index in [1.807, 2.05) is 61.5 Å². The molecule has 0 bridgehead atoms. The van der Waals surface area contributed by atoms with Crippen LogP contribution in [0.5, 0.6) is 0 Å². The summed E-state index contributed by atoms with van der Waals surface area (Å²) in [6, 6.07) is 30.4. The van der Waals surface area contributed by atoms with E-state index in [9.17, 15) is 9.59 Å². The van der Waals surface area contributed by atoms with Crippen LogP contribution in [-0.2, 0) is 33.8 Å². The van der Waals surface area contributed by atoms with E-state index in [0.717, 1.165) is 5.56 Å². The Balaban J connectivity index is 1.87. The maximum Gasteiger partial charge on any atom is 0.302 e. The molecule has 0 saturated carbocycles. The Bertz CT molecular complexity index is 948. The van der Waals surface area contributed by atoms with Crippen LogP contribution in [0, 0.1) is 5.92 Å². The van der Waals surface area contributed by atoms with Gasteiger partial charge in [-0.3, -0.25) is 14.5 Å². The molecule has 0 fully saturated rings. The van der Waals surface area contributed by atoms with Gasteiger partial charge in [0.25, 0.3) is 0 Å². The van der Waals surface area contributed by atoms with Crippen molar-refractivity contribution in [1.29, 1.82) is 0 Å². The van der Waals surface area contributed by atoms with E-state index >= 15 is 0 Å². The van der Waals surface area contributed by atoms with Crippen molar-refractivity contribution in [3.05, 3.63) is 108 Å². The van der Waals surface area contributed by atoms with E-state index in [0.29, 0.717) is 25.9 Å². The van der Waals surface area contributed by atoms with Crippen molar-refractivity contribution in [2.24, 2.45) is 5.92 Å². The summed E-state index contributed by atoms with van der Waals surface area (Å²) >= 11 is 0. The van der Waals surface area contributed by atoms with Crippen molar-refractivity contribution in [2.45, 2.75) is 45.8 Å². The standard InChI is InChI=1S/C29H33NO3/c1-23(22-33-24(2)31)18-29(32)28(19-25-12-6-3-7-13-25)30(20-26-14-8-4-9-15-26)21-27-16-10-5-11-17-27/h3-17,23,28H,18-22H2,1-2H3/t23-,28+/m1/s1. The molecule has 0 amide bonds. The smallest absolute Gasteiger partial charge is 0.302 e. The molecule has 4 nitrogen and oxygen atoms in total. The SMILES string of the molecule is CC(=O)OC[C@H](C)CC(=O)[C@H](Cc1ccccc1)N(Cc1ccccc1)Cc1ccccc1. The lowest BCUT2D eigenvalue weighted by atomic mass is 9.94. The maximum atomic E-state index is 13.6. The minimum Gasteiger partial charge on any atom is -0.466 e. The Hall–Kier alpha value is -3.24. The third-order valence-electron chi connectivity index (χ3n) is 5.66. The van der Waals surface area contributed by atoms with Gasteiger partial charge in [-0.05, 0) is 29.0 Å². The molecule has 0 N–H and O–H groups in total. The van der Waals surface area contributed by atoms with Crippen molar-refractivity contribution < 1.29 is 14.3 Å². The fraction of sp³-hybridized carbons (Fsp3) is 0.310. The summed E-state index contributed by atoms with van der Waals surface area (Å²) in [4.78, 5) is 27.1. The third-order valence-corrected chi connectivity index (χ3v) is 5.66. The third kappa shape index (κ3) is 8.32. The molecular formula is C29H33NO3. The topological polar surface area (TPSA) is 46.6 Å². The van der Waals surface area contributed by atoms with Crippen LogP contribution in [0.4, 0.5) is 0 Å². The summed E-state index contributed by atoms with van der Waals surface area (Å²) in [6.45, 7) is 4.97. The first-order valence-electron chi connectivity index (χ1n) is 11.5. The maximum absolute atomic E-state index is 13.6. The van der Waals surface area contributed by atoms with Gasteiger partial charge in [0.15, 0.2) is 5.78 Å². The number of hydrogen-bond acceptors (Lipinski definition) is 4. The predicted octanol–water partition coefficient (Wildman–Crippen LogP) is 5.46. The normalized spacial score (nSPS) is 12.8. The molecule has 172 valence electrons. The van der Waals surface area contributed by atoms with Crippen LogP contribution in [-0.4, -0.2) is 29.3 Å². The number of esters is 1. The van der Waals surface area contributed by atoms with E-state index in [2.05, 4.69) is 41.3 Å². The molecule has 0 aliphatic rings. The predicted molar refractivity (Wildman–Crippen MR) is 131 cm³/mol. The van der Waals surface area contributed by atoms with E-state index in [1.165, 1.54) is 18.1 Å². The van der Waals surface area contributed by atoms with Crippen LogP contribution in [0.1, 0.15) is 37.0 Å². The van der Waals surface area contributed by atoms with Crippen LogP contribution >= 0.6 is 0 Å².